The summed E-state index contributed by atoms with van der Waals surface area (Å²) in [6.45, 7) is 0. The van der Waals surface area contributed by atoms with Gasteiger partial charge in [-0.2, -0.15) is 25.8 Å². The van der Waals surface area contributed by atoms with E-state index in [0.29, 0.717) is 27.9 Å². The molecule has 0 aliphatic carbocycles. The molecule has 0 radical (unpaired) electrons. The van der Waals surface area contributed by atoms with Crippen molar-refractivity contribution in [3.05, 3.63) is 40.4 Å². The number of benzene rings is 1. The smallest absolute Gasteiger partial charge is 0.301 e. The van der Waals surface area contributed by atoms with Crippen molar-refractivity contribution in [2.24, 2.45) is 0 Å². The summed E-state index contributed by atoms with van der Waals surface area (Å²) in [6, 6.07) is 4.88. The van der Waals surface area contributed by atoms with Crippen LogP contribution in [0.1, 0.15) is 22.6 Å². The largest absolute Gasteiger partial charge is 0.416 e. The maximum Gasteiger partial charge on any atom is 0.416 e. The Morgan fingerprint density at radius 3 is 2.50 bits per heavy atom. The van der Waals surface area contributed by atoms with Gasteiger partial charge >= 0.3 is 6.18 Å². The highest BCUT2D eigenvalue weighted by Crippen LogP contribution is 2.29. The molecule has 0 saturated heterocycles. The van der Waals surface area contributed by atoms with Gasteiger partial charge in [-0.25, -0.2) is 0 Å². The van der Waals surface area contributed by atoms with Crippen molar-refractivity contribution in [2.75, 3.05) is 11.1 Å². The van der Waals surface area contributed by atoms with Gasteiger partial charge in [0.05, 0.1) is 5.56 Å². The number of thiol groups is 1. The van der Waals surface area contributed by atoms with Crippen LogP contribution in [0.2, 0.25) is 0 Å². The van der Waals surface area contributed by atoms with Crippen molar-refractivity contribution in [3.63, 3.8) is 0 Å². The minimum Gasteiger partial charge on any atom is -0.301 e. The zero-order chi connectivity index (χ0) is 16.2. The fourth-order valence-corrected chi connectivity index (χ4v) is 2.64. The number of hydrogen-bond acceptors (Lipinski definition) is 5. The number of nitrogens with zero attached hydrogens (tertiary/aromatic N) is 2. The molecule has 0 saturated carbocycles. The predicted octanol–water partition coefficient (Wildman–Crippen LogP) is 3.41. The van der Waals surface area contributed by atoms with E-state index in [1.165, 1.54) is 23.5 Å². The molecular weight excluding hydrogens is 335 g/mol. The third-order valence-corrected chi connectivity index (χ3v) is 3.75. The molecule has 0 aliphatic heterocycles. The molecule has 0 fully saturated rings. The van der Waals surface area contributed by atoms with Crippen molar-refractivity contribution in [1.29, 1.82) is 0 Å². The first kappa shape index (κ1) is 16.8. The SMILES string of the molecule is O=C(CCS)Nc1nnc(Cc2ccc(C(F)(F)F)cc2)s1. The average Bonchev–Trinajstić information content (AvgIpc) is 2.85. The van der Waals surface area contributed by atoms with E-state index in [0.717, 1.165) is 12.1 Å². The van der Waals surface area contributed by atoms with E-state index in [-0.39, 0.29) is 12.3 Å². The zero-order valence-corrected chi connectivity index (χ0v) is 12.9. The first-order chi connectivity index (χ1) is 10.4. The third kappa shape index (κ3) is 4.70. The Bertz CT molecular complexity index is 641. The molecule has 0 aliphatic rings. The number of rotatable bonds is 5. The molecule has 0 unspecified atom stereocenters. The second-order valence-electron chi connectivity index (χ2n) is 4.39. The monoisotopic (exact) mass is 347 g/mol. The number of amides is 1. The normalized spacial score (nSPS) is 11.5. The molecule has 0 atom stereocenters. The lowest BCUT2D eigenvalue weighted by atomic mass is 10.1. The highest BCUT2D eigenvalue weighted by molar-refractivity contribution is 7.80. The van der Waals surface area contributed by atoms with Gasteiger partial charge in [-0.15, -0.1) is 10.2 Å². The van der Waals surface area contributed by atoms with Crippen molar-refractivity contribution in [2.45, 2.75) is 19.0 Å². The van der Waals surface area contributed by atoms with Crippen LogP contribution in [0.5, 0.6) is 0 Å². The average molecular weight is 347 g/mol. The maximum absolute atomic E-state index is 12.5. The van der Waals surface area contributed by atoms with E-state index in [2.05, 4.69) is 28.1 Å². The number of nitrogens with one attached hydrogen (secondary N) is 1. The Labute approximate surface area is 134 Å². The molecule has 1 aromatic carbocycles. The predicted molar refractivity (Wildman–Crippen MR) is 81.3 cm³/mol. The summed E-state index contributed by atoms with van der Waals surface area (Å²) in [4.78, 5) is 11.4. The number of carbonyl (C=O) groups is 1. The van der Waals surface area contributed by atoms with Gasteiger partial charge in [-0.3, -0.25) is 4.79 Å². The lowest BCUT2D eigenvalue weighted by molar-refractivity contribution is -0.137. The second-order valence-corrected chi connectivity index (χ2v) is 5.90. The molecule has 4 nitrogen and oxygen atoms in total. The van der Waals surface area contributed by atoms with Gasteiger partial charge in [0.25, 0.3) is 0 Å². The Morgan fingerprint density at radius 2 is 1.91 bits per heavy atom. The zero-order valence-electron chi connectivity index (χ0n) is 11.2. The highest BCUT2D eigenvalue weighted by Gasteiger charge is 2.29. The fourth-order valence-electron chi connectivity index (χ4n) is 1.65. The number of anilines is 1. The summed E-state index contributed by atoms with van der Waals surface area (Å²) >= 11 is 5.14. The molecule has 0 spiro atoms. The van der Waals surface area contributed by atoms with Crippen LogP contribution in [-0.4, -0.2) is 21.9 Å². The number of carbonyl (C=O) groups excluding carboxylic acids is 1. The van der Waals surface area contributed by atoms with E-state index in [9.17, 15) is 18.0 Å². The van der Waals surface area contributed by atoms with Crippen LogP contribution in [-0.2, 0) is 17.4 Å². The number of hydrogen-bond donors (Lipinski definition) is 2. The second kappa shape index (κ2) is 7.10. The number of alkyl halides is 3. The molecule has 22 heavy (non-hydrogen) atoms. The molecule has 9 heteroatoms. The first-order valence-corrected chi connectivity index (χ1v) is 7.72. The van der Waals surface area contributed by atoms with E-state index < -0.39 is 11.7 Å². The van der Waals surface area contributed by atoms with Gasteiger partial charge in [0.2, 0.25) is 11.0 Å². The minimum atomic E-state index is -4.34. The summed E-state index contributed by atoms with van der Waals surface area (Å²) in [5, 5.41) is 11.3. The molecule has 118 valence electrons. The Morgan fingerprint density at radius 1 is 1.23 bits per heavy atom. The van der Waals surface area contributed by atoms with Crippen molar-refractivity contribution >= 4 is 35.0 Å². The molecule has 1 amide bonds. The summed E-state index contributed by atoms with van der Waals surface area (Å²) in [5.74, 6) is 0.232. The number of aromatic nitrogens is 2. The molecule has 2 aromatic rings. The summed E-state index contributed by atoms with van der Waals surface area (Å²) in [7, 11) is 0. The van der Waals surface area contributed by atoms with Crippen LogP contribution in [0.3, 0.4) is 0 Å². The van der Waals surface area contributed by atoms with Crippen LogP contribution in [0.4, 0.5) is 18.3 Å². The van der Waals surface area contributed by atoms with Gasteiger partial charge in [0, 0.05) is 12.8 Å². The van der Waals surface area contributed by atoms with Gasteiger partial charge < -0.3 is 5.32 Å². The molecule has 1 heterocycles. The molecule has 1 N–H and O–H groups in total. The van der Waals surface area contributed by atoms with Crippen LogP contribution in [0, 0.1) is 0 Å². The van der Waals surface area contributed by atoms with E-state index >= 15 is 0 Å². The van der Waals surface area contributed by atoms with Crippen LogP contribution < -0.4 is 5.32 Å². The van der Waals surface area contributed by atoms with Crippen molar-refractivity contribution in [3.8, 4) is 0 Å². The Balaban J connectivity index is 1.99. The van der Waals surface area contributed by atoms with Gasteiger partial charge in [-0.1, -0.05) is 23.5 Å². The summed E-state index contributed by atoms with van der Waals surface area (Å²) in [5.41, 5.74) is 0.00519. The Hall–Kier alpha value is -1.61. The molecule has 0 bridgehead atoms. The lowest BCUT2D eigenvalue weighted by Crippen LogP contribution is -2.11. The van der Waals surface area contributed by atoms with Crippen LogP contribution in [0.25, 0.3) is 0 Å². The third-order valence-electron chi connectivity index (χ3n) is 2.69. The topological polar surface area (TPSA) is 54.9 Å². The van der Waals surface area contributed by atoms with E-state index in [1.54, 1.807) is 0 Å². The van der Waals surface area contributed by atoms with Crippen molar-refractivity contribution < 1.29 is 18.0 Å². The van der Waals surface area contributed by atoms with Crippen LogP contribution in [0.15, 0.2) is 24.3 Å². The van der Waals surface area contributed by atoms with Crippen molar-refractivity contribution in [1.82, 2.24) is 10.2 Å². The van der Waals surface area contributed by atoms with Gasteiger partial charge in [0.1, 0.15) is 5.01 Å². The van der Waals surface area contributed by atoms with E-state index in [4.69, 9.17) is 0 Å². The number of halogens is 3. The summed E-state index contributed by atoms with van der Waals surface area (Å²) < 4.78 is 37.4. The molecule has 2 rings (SSSR count). The maximum atomic E-state index is 12.5. The molecular formula is C13H12F3N3OS2. The first-order valence-electron chi connectivity index (χ1n) is 6.27. The van der Waals surface area contributed by atoms with Crippen LogP contribution >= 0.6 is 24.0 Å². The minimum absolute atomic E-state index is 0.202. The Kier molecular flexibility index (Phi) is 5.41. The van der Waals surface area contributed by atoms with Gasteiger partial charge in [0.15, 0.2) is 0 Å². The van der Waals surface area contributed by atoms with Gasteiger partial charge in [-0.05, 0) is 23.4 Å². The van der Waals surface area contributed by atoms with E-state index in [1.807, 2.05) is 0 Å². The fraction of sp³-hybridized carbons (Fsp3) is 0.308. The lowest BCUT2D eigenvalue weighted by Gasteiger charge is -2.06. The standard InChI is InChI=1S/C13H12F3N3OS2/c14-13(15,16)9-3-1-8(2-4-9)7-11-18-19-12(22-11)17-10(20)5-6-21/h1-4,21H,5-7H2,(H,17,19,20). The molecule has 1 aromatic heterocycles. The quantitative estimate of drug-likeness (QED) is 0.815. The highest BCUT2D eigenvalue weighted by atomic mass is 32.1. The summed E-state index contributed by atoms with van der Waals surface area (Å²) in [6.07, 6.45) is -3.71.